The minimum Gasteiger partial charge on any atom is -0.323 e. The average Bonchev–Trinajstić information content (AvgIpc) is 2.77. The molecule has 0 radical (unpaired) electrons. The van der Waals surface area contributed by atoms with E-state index in [1.54, 1.807) is 0 Å². The summed E-state index contributed by atoms with van der Waals surface area (Å²) in [5.41, 5.74) is 1.16. The minimum absolute atomic E-state index is 0.174. The molecule has 1 rings (SSSR count). The van der Waals surface area contributed by atoms with Crippen LogP contribution >= 0.6 is 19.4 Å². The molecular formula is C27H50ClNO4P+. The highest BCUT2D eigenvalue weighted by atomic mass is 35.5. The maximum atomic E-state index is 12.1. The molecule has 198 valence electrons. The van der Waals surface area contributed by atoms with E-state index >= 15 is 0 Å². The van der Waals surface area contributed by atoms with Crippen LogP contribution in [0.4, 0.5) is 0 Å². The molecule has 1 unspecified atom stereocenters. The second-order valence-electron chi connectivity index (χ2n) is 10.2. The Bertz CT molecular complexity index is 669. The van der Waals surface area contributed by atoms with Gasteiger partial charge in [-0.15, -0.1) is 0 Å². The molecule has 0 heterocycles. The summed E-state index contributed by atoms with van der Waals surface area (Å²) >= 11 is 5.94. The van der Waals surface area contributed by atoms with Gasteiger partial charge in [0, 0.05) is 10.6 Å². The molecule has 1 aromatic rings. The molecule has 7 heteroatoms. The number of benzene rings is 1. The average molecular weight is 519 g/mol. The third-order valence-corrected chi connectivity index (χ3v) is 7.50. The van der Waals surface area contributed by atoms with Crippen LogP contribution in [-0.4, -0.2) is 43.2 Å². The third-order valence-electron chi connectivity index (χ3n) is 6.23. The Morgan fingerprint density at radius 1 is 0.765 bits per heavy atom. The van der Waals surface area contributed by atoms with Crippen molar-refractivity contribution in [2.75, 3.05) is 33.9 Å². The Labute approximate surface area is 214 Å². The first kappa shape index (κ1) is 31.6. The maximum Gasteiger partial charge on any atom is 0.472 e. The fraction of sp³-hybridized carbons (Fsp3) is 0.778. The molecule has 0 aliphatic rings. The fourth-order valence-corrected chi connectivity index (χ4v) is 4.95. The second-order valence-corrected chi connectivity index (χ2v) is 12.1. The number of hydrogen-bond donors (Lipinski definition) is 1. The second kappa shape index (κ2) is 18.8. The van der Waals surface area contributed by atoms with Crippen molar-refractivity contribution >= 4 is 19.4 Å². The Hall–Kier alpha value is -0.420. The number of likely N-dealkylation sites (N-methyl/N-ethyl adjacent to an activating group) is 1. The van der Waals surface area contributed by atoms with Crippen LogP contribution in [0.2, 0.25) is 5.02 Å². The van der Waals surface area contributed by atoms with Crippen molar-refractivity contribution in [3.63, 3.8) is 0 Å². The minimum atomic E-state index is -3.98. The number of quaternary nitrogens is 1. The van der Waals surface area contributed by atoms with Gasteiger partial charge >= 0.3 is 7.82 Å². The molecule has 1 N–H and O–H groups in total. The Balaban J connectivity index is 1.98. The van der Waals surface area contributed by atoms with E-state index in [4.69, 9.17) is 20.6 Å². The highest BCUT2D eigenvalue weighted by Crippen LogP contribution is 2.43. The molecule has 1 aromatic carbocycles. The summed E-state index contributed by atoms with van der Waals surface area (Å²) in [5, 5.41) is 0.717. The molecule has 0 saturated heterocycles. The number of rotatable bonds is 22. The van der Waals surface area contributed by atoms with Crippen LogP contribution in [0.25, 0.3) is 0 Å². The zero-order valence-electron chi connectivity index (χ0n) is 22.0. The molecule has 0 fully saturated rings. The normalized spacial score (nSPS) is 13.8. The topological polar surface area (TPSA) is 55.8 Å². The van der Waals surface area contributed by atoms with Crippen LogP contribution in [0.5, 0.6) is 0 Å². The highest BCUT2D eigenvalue weighted by Gasteiger charge is 2.23. The molecule has 34 heavy (non-hydrogen) atoms. The van der Waals surface area contributed by atoms with Gasteiger partial charge in [0.2, 0.25) is 0 Å². The van der Waals surface area contributed by atoms with Gasteiger partial charge in [-0.2, -0.15) is 0 Å². The highest BCUT2D eigenvalue weighted by molar-refractivity contribution is 7.47. The molecule has 0 bridgehead atoms. The lowest BCUT2D eigenvalue weighted by Gasteiger charge is -2.30. The predicted molar refractivity (Wildman–Crippen MR) is 144 cm³/mol. The zero-order valence-corrected chi connectivity index (χ0v) is 23.6. The van der Waals surface area contributed by atoms with E-state index in [-0.39, 0.29) is 13.2 Å². The number of unbranched alkanes of at least 4 members (excludes halogenated alkanes) is 13. The van der Waals surface area contributed by atoms with Crippen molar-refractivity contribution in [2.45, 2.75) is 103 Å². The van der Waals surface area contributed by atoms with Gasteiger partial charge in [-0.05, 0) is 18.6 Å². The monoisotopic (exact) mass is 518 g/mol. The third kappa shape index (κ3) is 17.9. The quantitative estimate of drug-likeness (QED) is 0.0948. The molecule has 0 amide bonds. The summed E-state index contributed by atoms with van der Waals surface area (Å²) in [7, 11) is 0.149. The van der Waals surface area contributed by atoms with Crippen molar-refractivity contribution in [1.29, 1.82) is 0 Å². The molecule has 0 aliphatic heterocycles. The first-order valence-electron chi connectivity index (χ1n) is 13.4. The van der Waals surface area contributed by atoms with Gasteiger partial charge in [0.25, 0.3) is 0 Å². The molecule has 0 aliphatic carbocycles. The van der Waals surface area contributed by atoms with Gasteiger partial charge in [0.15, 0.2) is 0 Å². The first-order valence-corrected chi connectivity index (χ1v) is 15.3. The molecule has 5 nitrogen and oxygen atoms in total. The van der Waals surface area contributed by atoms with E-state index in [0.29, 0.717) is 11.0 Å². The largest absolute Gasteiger partial charge is 0.472 e. The standard InChI is InChI=1S/C27H49ClNO4P/c1-4-5-6-7-8-9-10-11-12-13-14-15-16-17-23-32-34(30,31)33-24-22-29(2,3)25-26-18-20-27(28)21-19-26/h18-21H,4-17,22-25H2,1-3H3/p+1. The molecule has 0 saturated carbocycles. The lowest BCUT2D eigenvalue weighted by molar-refractivity contribution is -0.903. The SMILES string of the molecule is CCCCCCCCCCCCCCCCOP(=O)(O)OCC[N+](C)(C)Cc1ccc(Cl)cc1. The van der Waals surface area contributed by atoms with Gasteiger partial charge in [-0.1, -0.05) is 114 Å². The van der Waals surface area contributed by atoms with Crippen LogP contribution in [0.1, 0.15) is 102 Å². The van der Waals surface area contributed by atoms with E-state index in [9.17, 15) is 9.46 Å². The van der Waals surface area contributed by atoms with E-state index in [1.165, 1.54) is 70.6 Å². The van der Waals surface area contributed by atoms with Crippen molar-refractivity contribution in [1.82, 2.24) is 0 Å². The molecule has 0 spiro atoms. The number of hydrogen-bond acceptors (Lipinski definition) is 3. The molecule has 0 aromatic heterocycles. The summed E-state index contributed by atoms with van der Waals surface area (Å²) in [6.45, 7) is 4.11. The molecule has 1 atom stereocenters. The van der Waals surface area contributed by atoms with E-state index in [0.717, 1.165) is 36.4 Å². The van der Waals surface area contributed by atoms with Gasteiger partial charge < -0.3 is 9.38 Å². The van der Waals surface area contributed by atoms with Crippen LogP contribution in [0, 0.1) is 0 Å². The summed E-state index contributed by atoms with van der Waals surface area (Å²) in [4.78, 5) is 9.92. The Morgan fingerprint density at radius 2 is 1.21 bits per heavy atom. The van der Waals surface area contributed by atoms with Crippen LogP contribution in [-0.2, 0) is 20.2 Å². The van der Waals surface area contributed by atoms with Gasteiger partial charge in [0.1, 0.15) is 19.7 Å². The van der Waals surface area contributed by atoms with Crippen LogP contribution < -0.4 is 0 Å². The van der Waals surface area contributed by atoms with E-state index in [1.807, 2.05) is 24.3 Å². The zero-order chi connectivity index (χ0) is 25.1. The Morgan fingerprint density at radius 3 is 1.71 bits per heavy atom. The van der Waals surface area contributed by atoms with Crippen molar-refractivity contribution < 1.29 is 23.0 Å². The summed E-state index contributed by atoms with van der Waals surface area (Å²) in [5.74, 6) is 0. The summed E-state index contributed by atoms with van der Waals surface area (Å²) in [6, 6.07) is 7.75. The van der Waals surface area contributed by atoms with Gasteiger partial charge in [-0.3, -0.25) is 9.05 Å². The number of nitrogens with zero attached hydrogens (tertiary/aromatic N) is 1. The maximum absolute atomic E-state index is 12.1. The van der Waals surface area contributed by atoms with Crippen LogP contribution in [0.3, 0.4) is 0 Å². The number of phosphoric acid groups is 1. The number of halogens is 1. The van der Waals surface area contributed by atoms with E-state index < -0.39 is 7.82 Å². The van der Waals surface area contributed by atoms with Crippen molar-refractivity contribution in [2.24, 2.45) is 0 Å². The van der Waals surface area contributed by atoms with E-state index in [2.05, 4.69) is 21.0 Å². The lowest BCUT2D eigenvalue weighted by Crippen LogP contribution is -2.41. The van der Waals surface area contributed by atoms with Gasteiger partial charge in [0.05, 0.1) is 20.7 Å². The first-order chi connectivity index (χ1) is 16.2. The number of phosphoric ester groups is 1. The predicted octanol–water partition coefficient (Wildman–Crippen LogP) is 8.53. The lowest BCUT2D eigenvalue weighted by atomic mass is 10.0. The fourth-order valence-electron chi connectivity index (χ4n) is 4.08. The molecular weight excluding hydrogens is 469 g/mol. The Kier molecular flexibility index (Phi) is 17.5. The smallest absolute Gasteiger partial charge is 0.323 e. The summed E-state index contributed by atoms with van der Waals surface area (Å²) in [6.07, 6.45) is 17.9. The van der Waals surface area contributed by atoms with Crippen molar-refractivity contribution in [3.8, 4) is 0 Å². The summed E-state index contributed by atoms with van der Waals surface area (Å²) < 4.78 is 23.1. The van der Waals surface area contributed by atoms with Gasteiger partial charge in [-0.25, -0.2) is 4.57 Å². The van der Waals surface area contributed by atoms with Crippen LogP contribution in [0.15, 0.2) is 24.3 Å². The van der Waals surface area contributed by atoms with Crippen molar-refractivity contribution in [3.05, 3.63) is 34.9 Å².